The van der Waals surface area contributed by atoms with Crippen molar-refractivity contribution in [2.75, 3.05) is 20.4 Å². The fourth-order valence-electron chi connectivity index (χ4n) is 2.99. The molecule has 2 fully saturated rings. The van der Waals surface area contributed by atoms with Crippen molar-refractivity contribution in [1.29, 1.82) is 0 Å². The summed E-state index contributed by atoms with van der Waals surface area (Å²) < 4.78 is 10.3. The number of nitrogens with zero attached hydrogens (tertiary/aromatic N) is 1. The largest absolute Gasteiger partial charge is 0.510 e. The summed E-state index contributed by atoms with van der Waals surface area (Å²) in [6.45, 7) is 4.44. The summed E-state index contributed by atoms with van der Waals surface area (Å²) in [5, 5.41) is 19.5. The van der Waals surface area contributed by atoms with Crippen molar-refractivity contribution in [3.8, 4) is 0 Å². The van der Waals surface area contributed by atoms with Crippen molar-refractivity contribution >= 4 is 11.9 Å². The lowest BCUT2D eigenvalue weighted by Gasteiger charge is -2.40. The number of carbonyl (C=O) groups excluding carboxylic acids is 1. The number of methoxy groups -OCH3 is 1. The van der Waals surface area contributed by atoms with Crippen LogP contribution in [0.1, 0.15) is 25.7 Å². The van der Waals surface area contributed by atoms with Crippen LogP contribution in [-0.4, -0.2) is 59.1 Å². The van der Waals surface area contributed by atoms with Gasteiger partial charge in [-0.25, -0.2) is 9.59 Å². The minimum atomic E-state index is -1.14. The first kappa shape index (κ1) is 18.2. The topological polar surface area (TPSA) is 96.3 Å². The van der Waals surface area contributed by atoms with Gasteiger partial charge in [0.05, 0.1) is 13.7 Å². The molecule has 1 saturated carbocycles. The quantitative estimate of drug-likeness (QED) is 0.240. The lowest BCUT2D eigenvalue weighted by atomic mass is 10.0. The zero-order valence-corrected chi connectivity index (χ0v) is 13.7. The highest BCUT2D eigenvalue weighted by molar-refractivity contribution is 5.81. The van der Waals surface area contributed by atoms with E-state index in [0.717, 1.165) is 25.3 Å². The number of ether oxygens (including phenoxy) is 2. The molecule has 1 spiro atoms. The van der Waals surface area contributed by atoms with E-state index in [9.17, 15) is 14.7 Å². The smallest absolute Gasteiger partial charge is 0.331 e. The number of carbonyl (C=O) groups is 2. The van der Waals surface area contributed by atoms with Crippen molar-refractivity contribution in [3.63, 3.8) is 0 Å². The highest BCUT2D eigenvalue weighted by atomic mass is 16.5. The van der Waals surface area contributed by atoms with Crippen molar-refractivity contribution in [2.24, 2.45) is 0 Å². The molecule has 1 aliphatic carbocycles. The second-order valence-corrected chi connectivity index (χ2v) is 5.98. The predicted molar refractivity (Wildman–Crippen MR) is 86.3 cm³/mol. The van der Waals surface area contributed by atoms with Crippen LogP contribution >= 0.6 is 0 Å². The molecule has 2 N–H and O–H groups in total. The van der Waals surface area contributed by atoms with Gasteiger partial charge in [0, 0.05) is 11.6 Å². The number of aliphatic carboxylic acids is 1. The van der Waals surface area contributed by atoms with Crippen LogP contribution < -0.4 is 0 Å². The molecule has 0 bridgehead atoms. The third-order valence-electron chi connectivity index (χ3n) is 4.49. The Balaban J connectivity index is 2.40. The minimum Gasteiger partial charge on any atom is -0.510 e. The van der Waals surface area contributed by atoms with Gasteiger partial charge in [0.2, 0.25) is 0 Å². The maximum Gasteiger partial charge on any atom is 0.331 e. The van der Waals surface area contributed by atoms with E-state index in [2.05, 4.69) is 6.58 Å². The van der Waals surface area contributed by atoms with Gasteiger partial charge in [0.15, 0.2) is 6.04 Å². The summed E-state index contributed by atoms with van der Waals surface area (Å²) in [7, 11) is 1.26. The molecule has 7 nitrogen and oxygen atoms in total. The van der Waals surface area contributed by atoms with E-state index in [1.807, 2.05) is 4.90 Å². The molecule has 1 aliphatic heterocycles. The normalized spacial score (nSPS) is 22.0. The molecule has 24 heavy (non-hydrogen) atoms. The van der Waals surface area contributed by atoms with E-state index >= 15 is 0 Å². The molecule has 0 aromatic carbocycles. The molecular weight excluding hydrogens is 314 g/mol. The molecule has 0 amide bonds. The van der Waals surface area contributed by atoms with Crippen LogP contribution in [0.2, 0.25) is 0 Å². The molecule has 1 atom stereocenters. The lowest BCUT2D eigenvalue weighted by Crippen LogP contribution is -2.54. The van der Waals surface area contributed by atoms with E-state index in [0.29, 0.717) is 12.2 Å². The fraction of sp³-hybridized carbons (Fsp3) is 0.529. The minimum absolute atomic E-state index is 0.152. The Morgan fingerprint density at radius 2 is 2.04 bits per heavy atom. The SMILES string of the molecule is C=CCC(/C=C/C(=O)O)=C(\O)C(C(=O)OC)N1COCCC12CC2. The summed E-state index contributed by atoms with van der Waals surface area (Å²) in [6, 6.07) is -1.02. The number of hydrogen-bond acceptors (Lipinski definition) is 6. The summed E-state index contributed by atoms with van der Waals surface area (Å²) >= 11 is 0. The predicted octanol–water partition coefficient (Wildman–Crippen LogP) is 1.77. The zero-order valence-electron chi connectivity index (χ0n) is 13.7. The standard InChI is InChI=1S/C17H23NO6/c1-3-4-12(5-6-13(19)20)15(21)14(16(22)23-2)18-11-24-10-9-17(18)7-8-17/h3,5-6,14,21H,1,4,7-11H2,2H3,(H,19,20)/b6-5+,15-12+. The summed E-state index contributed by atoms with van der Waals surface area (Å²) in [5.74, 6) is -1.97. The molecule has 1 saturated heterocycles. The van der Waals surface area contributed by atoms with Gasteiger partial charge < -0.3 is 19.7 Å². The van der Waals surface area contributed by atoms with E-state index < -0.39 is 18.0 Å². The van der Waals surface area contributed by atoms with Crippen LogP contribution in [0.5, 0.6) is 0 Å². The average Bonchev–Trinajstić information content (AvgIpc) is 3.33. The Kier molecular flexibility index (Phi) is 5.80. The Labute approximate surface area is 140 Å². The first-order chi connectivity index (χ1) is 11.4. The maximum atomic E-state index is 12.3. The van der Waals surface area contributed by atoms with Crippen LogP contribution in [0.4, 0.5) is 0 Å². The molecular formula is C17H23NO6. The van der Waals surface area contributed by atoms with E-state index in [4.69, 9.17) is 14.6 Å². The monoisotopic (exact) mass is 337 g/mol. The van der Waals surface area contributed by atoms with Gasteiger partial charge in [0.1, 0.15) is 12.5 Å². The third kappa shape index (κ3) is 3.85. The zero-order chi connectivity index (χ0) is 17.7. The Morgan fingerprint density at radius 3 is 2.58 bits per heavy atom. The van der Waals surface area contributed by atoms with Crippen molar-refractivity contribution in [1.82, 2.24) is 4.90 Å². The second kappa shape index (κ2) is 7.63. The first-order valence-corrected chi connectivity index (χ1v) is 7.81. The molecule has 0 aromatic heterocycles. The number of carboxylic acid groups (broad SMARTS) is 1. The van der Waals surface area contributed by atoms with Gasteiger partial charge in [-0.3, -0.25) is 4.90 Å². The van der Waals surface area contributed by atoms with Gasteiger partial charge in [-0.05, 0) is 37.3 Å². The van der Waals surface area contributed by atoms with Crippen LogP contribution in [0.25, 0.3) is 0 Å². The molecule has 1 unspecified atom stereocenters. The van der Waals surface area contributed by atoms with Crippen LogP contribution in [-0.2, 0) is 19.1 Å². The molecule has 2 aliphatic rings. The van der Waals surface area contributed by atoms with Gasteiger partial charge >= 0.3 is 11.9 Å². The molecule has 2 rings (SSSR count). The molecule has 0 aromatic rings. The number of esters is 1. The second-order valence-electron chi connectivity index (χ2n) is 5.98. The van der Waals surface area contributed by atoms with E-state index in [1.54, 1.807) is 0 Å². The Hall–Kier alpha value is -2.12. The van der Waals surface area contributed by atoms with E-state index in [-0.39, 0.29) is 24.4 Å². The van der Waals surface area contributed by atoms with Crippen molar-refractivity contribution in [2.45, 2.75) is 37.3 Å². The maximum absolute atomic E-state index is 12.3. The van der Waals surface area contributed by atoms with Crippen LogP contribution in [0.15, 0.2) is 36.1 Å². The van der Waals surface area contributed by atoms with Gasteiger partial charge in [-0.2, -0.15) is 0 Å². The fourth-order valence-corrected chi connectivity index (χ4v) is 2.99. The summed E-state index contributed by atoms with van der Waals surface area (Å²) in [6.07, 6.45) is 6.60. The van der Waals surface area contributed by atoms with Crippen molar-refractivity contribution < 1.29 is 29.3 Å². The van der Waals surface area contributed by atoms with Crippen molar-refractivity contribution in [3.05, 3.63) is 36.1 Å². The van der Waals surface area contributed by atoms with E-state index in [1.165, 1.54) is 19.3 Å². The Bertz CT molecular complexity index is 576. The molecule has 0 radical (unpaired) electrons. The van der Waals surface area contributed by atoms with Gasteiger partial charge in [-0.1, -0.05) is 6.08 Å². The number of hydrogen-bond donors (Lipinski definition) is 2. The molecule has 7 heteroatoms. The highest BCUT2D eigenvalue weighted by Gasteiger charge is 2.54. The average molecular weight is 337 g/mol. The summed E-state index contributed by atoms with van der Waals surface area (Å²) in [5.41, 5.74) is 0.158. The number of allylic oxidation sites excluding steroid dienone is 3. The molecule has 1 heterocycles. The van der Waals surface area contributed by atoms with Gasteiger partial charge in [0.25, 0.3) is 0 Å². The third-order valence-corrected chi connectivity index (χ3v) is 4.49. The molecule has 132 valence electrons. The van der Waals surface area contributed by atoms with Gasteiger partial charge in [-0.15, -0.1) is 6.58 Å². The lowest BCUT2D eigenvalue weighted by molar-refractivity contribution is -0.156. The van der Waals surface area contributed by atoms with Crippen LogP contribution in [0, 0.1) is 0 Å². The number of carboxylic acids is 1. The highest BCUT2D eigenvalue weighted by Crippen LogP contribution is 2.48. The van der Waals surface area contributed by atoms with Crippen LogP contribution in [0.3, 0.4) is 0 Å². The number of aliphatic hydroxyl groups is 1. The number of aliphatic hydroxyl groups excluding tert-OH is 1. The number of rotatable bonds is 7. The Morgan fingerprint density at radius 1 is 1.33 bits per heavy atom. The first-order valence-electron chi connectivity index (χ1n) is 7.81. The summed E-state index contributed by atoms with van der Waals surface area (Å²) in [4.78, 5) is 24.9.